The lowest BCUT2D eigenvalue weighted by Gasteiger charge is -2.35. The van der Waals surface area contributed by atoms with E-state index in [-0.39, 0.29) is 24.0 Å². The summed E-state index contributed by atoms with van der Waals surface area (Å²) in [5.74, 6) is 1.00. The lowest BCUT2D eigenvalue weighted by Crippen LogP contribution is -2.49. The fourth-order valence-electron chi connectivity index (χ4n) is 4.11. The molecule has 2 aliphatic heterocycles. The summed E-state index contributed by atoms with van der Waals surface area (Å²) in [6.07, 6.45) is 6.66. The highest BCUT2D eigenvalue weighted by Crippen LogP contribution is 2.17. The SMILES string of the molecule is CCNC(=NCC1CCCCN1CC)NC1CCN(CCOC(C)C)CC1.I. The van der Waals surface area contributed by atoms with Gasteiger partial charge < -0.3 is 20.3 Å². The molecule has 0 saturated carbocycles. The fourth-order valence-corrected chi connectivity index (χ4v) is 4.11. The summed E-state index contributed by atoms with van der Waals surface area (Å²) >= 11 is 0. The third-order valence-corrected chi connectivity index (χ3v) is 5.75. The summed E-state index contributed by atoms with van der Waals surface area (Å²) in [6.45, 7) is 17.0. The van der Waals surface area contributed by atoms with E-state index in [2.05, 4.69) is 48.1 Å². The number of hydrogen-bond acceptors (Lipinski definition) is 4. The Bertz CT molecular complexity index is 427. The van der Waals surface area contributed by atoms with Crippen LogP contribution in [0.5, 0.6) is 0 Å². The topological polar surface area (TPSA) is 52.1 Å². The summed E-state index contributed by atoms with van der Waals surface area (Å²) in [7, 11) is 0. The van der Waals surface area contributed by atoms with Gasteiger partial charge in [-0.3, -0.25) is 9.89 Å². The lowest BCUT2D eigenvalue weighted by atomic mass is 10.0. The quantitative estimate of drug-likeness (QED) is 0.285. The van der Waals surface area contributed by atoms with Crippen molar-refractivity contribution in [2.45, 2.75) is 78.0 Å². The van der Waals surface area contributed by atoms with Crippen LogP contribution >= 0.6 is 24.0 Å². The summed E-state index contributed by atoms with van der Waals surface area (Å²) in [5, 5.41) is 7.13. The second kappa shape index (κ2) is 14.8. The molecular weight excluding hydrogens is 465 g/mol. The highest BCUT2D eigenvalue weighted by molar-refractivity contribution is 14.0. The van der Waals surface area contributed by atoms with E-state index in [1.165, 1.54) is 38.6 Å². The Balaban J connectivity index is 0.00000392. The van der Waals surface area contributed by atoms with Crippen LogP contribution in [0.15, 0.2) is 4.99 Å². The van der Waals surface area contributed by atoms with Crippen LogP contribution in [0.4, 0.5) is 0 Å². The zero-order chi connectivity index (χ0) is 19.5. The van der Waals surface area contributed by atoms with Crippen LogP contribution < -0.4 is 10.6 Å². The minimum atomic E-state index is 0. The van der Waals surface area contributed by atoms with E-state index in [1.807, 2.05) is 0 Å². The second-order valence-corrected chi connectivity index (χ2v) is 8.18. The molecule has 0 aromatic carbocycles. The van der Waals surface area contributed by atoms with Crippen LogP contribution in [0.3, 0.4) is 0 Å². The molecule has 28 heavy (non-hydrogen) atoms. The number of likely N-dealkylation sites (N-methyl/N-ethyl adjacent to an activating group) is 1. The number of hydrogen-bond donors (Lipinski definition) is 2. The first-order valence-electron chi connectivity index (χ1n) is 11.2. The molecule has 0 radical (unpaired) electrons. The Labute approximate surface area is 190 Å². The Morgan fingerprint density at radius 3 is 2.50 bits per heavy atom. The lowest BCUT2D eigenvalue weighted by molar-refractivity contribution is 0.0532. The summed E-state index contributed by atoms with van der Waals surface area (Å²) in [5.41, 5.74) is 0. The Morgan fingerprint density at radius 2 is 1.86 bits per heavy atom. The first-order valence-corrected chi connectivity index (χ1v) is 11.2. The minimum Gasteiger partial charge on any atom is -0.377 e. The van der Waals surface area contributed by atoms with E-state index in [0.29, 0.717) is 18.2 Å². The molecule has 6 nitrogen and oxygen atoms in total. The first kappa shape index (κ1) is 25.9. The number of rotatable bonds is 9. The van der Waals surface area contributed by atoms with Crippen molar-refractivity contribution in [2.24, 2.45) is 4.99 Å². The van der Waals surface area contributed by atoms with E-state index < -0.39 is 0 Å². The van der Waals surface area contributed by atoms with Gasteiger partial charge in [0.2, 0.25) is 0 Å². The van der Waals surface area contributed by atoms with Gasteiger partial charge in [-0.25, -0.2) is 0 Å². The van der Waals surface area contributed by atoms with Gasteiger partial charge in [-0.2, -0.15) is 0 Å². The van der Waals surface area contributed by atoms with Gasteiger partial charge in [0.1, 0.15) is 0 Å². The van der Waals surface area contributed by atoms with Crippen molar-refractivity contribution >= 4 is 29.9 Å². The minimum absolute atomic E-state index is 0. The molecule has 1 unspecified atom stereocenters. The molecule has 2 fully saturated rings. The molecule has 0 aromatic heterocycles. The van der Waals surface area contributed by atoms with E-state index in [0.717, 1.165) is 51.8 Å². The van der Waals surface area contributed by atoms with Crippen LogP contribution in [-0.2, 0) is 4.74 Å². The van der Waals surface area contributed by atoms with E-state index in [1.54, 1.807) is 0 Å². The van der Waals surface area contributed by atoms with Gasteiger partial charge in [-0.1, -0.05) is 13.3 Å². The van der Waals surface area contributed by atoms with Gasteiger partial charge in [0, 0.05) is 38.3 Å². The molecule has 0 aliphatic carbocycles. The van der Waals surface area contributed by atoms with Gasteiger partial charge in [-0.15, -0.1) is 24.0 Å². The fraction of sp³-hybridized carbons (Fsp3) is 0.952. The number of likely N-dealkylation sites (tertiary alicyclic amines) is 2. The normalized spacial score (nSPS) is 22.9. The van der Waals surface area contributed by atoms with E-state index >= 15 is 0 Å². The maximum absolute atomic E-state index is 5.68. The third-order valence-electron chi connectivity index (χ3n) is 5.75. The van der Waals surface area contributed by atoms with E-state index in [9.17, 15) is 0 Å². The zero-order valence-corrected chi connectivity index (χ0v) is 20.9. The maximum atomic E-state index is 5.68. The molecule has 2 rings (SSSR count). The molecule has 0 amide bonds. The third kappa shape index (κ3) is 9.59. The van der Waals surface area contributed by atoms with Crippen molar-refractivity contribution in [1.82, 2.24) is 20.4 Å². The number of halogens is 1. The molecular formula is C21H44IN5O. The predicted molar refractivity (Wildman–Crippen MR) is 130 cm³/mol. The molecule has 0 aromatic rings. The van der Waals surface area contributed by atoms with Gasteiger partial charge >= 0.3 is 0 Å². The van der Waals surface area contributed by atoms with E-state index in [4.69, 9.17) is 9.73 Å². The van der Waals surface area contributed by atoms with Gasteiger partial charge in [-0.05, 0) is 59.5 Å². The molecule has 7 heteroatoms. The van der Waals surface area contributed by atoms with Crippen LogP contribution in [0.25, 0.3) is 0 Å². The van der Waals surface area contributed by atoms with Crippen molar-refractivity contribution in [3.05, 3.63) is 0 Å². The van der Waals surface area contributed by atoms with Crippen molar-refractivity contribution < 1.29 is 4.74 Å². The molecule has 1 atom stereocenters. The molecule has 2 heterocycles. The number of piperidine rings is 2. The van der Waals surface area contributed by atoms with Crippen LogP contribution in [0, 0.1) is 0 Å². The smallest absolute Gasteiger partial charge is 0.191 e. The summed E-state index contributed by atoms with van der Waals surface area (Å²) < 4.78 is 5.68. The van der Waals surface area contributed by atoms with Crippen LogP contribution in [-0.4, -0.2) is 86.4 Å². The number of nitrogens with one attached hydrogen (secondary N) is 2. The Morgan fingerprint density at radius 1 is 1.11 bits per heavy atom. The van der Waals surface area contributed by atoms with Gasteiger partial charge in [0.25, 0.3) is 0 Å². The summed E-state index contributed by atoms with van der Waals surface area (Å²) in [6, 6.07) is 1.14. The van der Waals surface area contributed by atoms with Crippen molar-refractivity contribution in [3.8, 4) is 0 Å². The molecule has 2 aliphatic rings. The highest BCUT2D eigenvalue weighted by atomic mass is 127. The Hall–Kier alpha value is -0.120. The monoisotopic (exact) mass is 509 g/mol. The van der Waals surface area contributed by atoms with Crippen molar-refractivity contribution in [3.63, 3.8) is 0 Å². The van der Waals surface area contributed by atoms with Crippen LogP contribution in [0.2, 0.25) is 0 Å². The first-order chi connectivity index (χ1) is 13.1. The number of guanidine groups is 1. The average Bonchev–Trinajstić information content (AvgIpc) is 2.67. The molecule has 2 N–H and O–H groups in total. The van der Waals surface area contributed by atoms with Gasteiger partial charge in [0.05, 0.1) is 19.3 Å². The second-order valence-electron chi connectivity index (χ2n) is 8.18. The predicted octanol–water partition coefficient (Wildman–Crippen LogP) is 2.92. The molecule has 2 saturated heterocycles. The number of aliphatic imine (C=N–C) groups is 1. The zero-order valence-electron chi connectivity index (χ0n) is 18.6. The number of nitrogens with zero attached hydrogens (tertiary/aromatic N) is 3. The summed E-state index contributed by atoms with van der Waals surface area (Å²) in [4.78, 5) is 10.0. The Kier molecular flexibility index (Phi) is 13.7. The number of ether oxygens (including phenoxy) is 1. The molecule has 166 valence electrons. The van der Waals surface area contributed by atoms with Crippen LogP contribution in [0.1, 0.15) is 59.8 Å². The average molecular weight is 510 g/mol. The van der Waals surface area contributed by atoms with Gasteiger partial charge in [0.15, 0.2) is 5.96 Å². The standard InChI is InChI=1S/C21H43N5O.HI/c1-5-22-21(23-17-20-9-7-8-12-26(20)6-2)24-19-10-13-25(14-11-19)15-16-27-18(3)4;/h18-20H,5-17H2,1-4H3,(H2,22,23,24);1H. The van der Waals surface area contributed by atoms with Crippen molar-refractivity contribution in [2.75, 3.05) is 52.4 Å². The maximum Gasteiger partial charge on any atom is 0.191 e. The van der Waals surface area contributed by atoms with Crippen molar-refractivity contribution in [1.29, 1.82) is 0 Å². The largest absolute Gasteiger partial charge is 0.377 e. The molecule has 0 spiro atoms. The molecule has 0 bridgehead atoms. The highest BCUT2D eigenvalue weighted by Gasteiger charge is 2.22.